The number of piperidine rings is 1. The zero-order chi connectivity index (χ0) is 45.3. The van der Waals surface area contributed by atoms with Gasteiger partial charge in [0.05, 0.1) is 42.2 Å². The van der Waals surface area contributed by atoms with E-state index in [1.807, 2.05) is 41.4 Å². The largest absolute Gasteiger partial charge is 0.489 e. The first-order valence-electron chi connectivity index (χ1n) is 21.3. The number of carbonyl (C=O) groups is 2. The molecule has 342 valence electrons. The lowest BCUT2D eigenvalue weighted by molar-refractivity contribution is -0.140. The van der Waals surface area contributed by atoms with Crippen LogP contribution in [-0.4, -0.2) is 108 Å². The molecular weight excluding hydrogens is 856 g/mol. The van der Waals surface area contributed by atoms with Gasteiger partial charge in [0.2, 0.25) is 11.8 Å². The van der Waals surface area contributed by atoms with Crippen molar-refractivity contribution in [2.45, 2.75) is 56.6 Å². The number of hydrogen-bond acceptors (Lipinski definition) is 11. The summed E-state index contributed by atoms with van der Waals surface area (Å²) in [6.07, 6.45) is 0.371. The molecule has 0 unspecified atom stereocenters. The summed E-state index contributed by atoms with van der Waals surface area (Å²) >= 11 is 6.22. The second-order valence-electron chi connectivity index (χ2n) is 16.2. The zero-order valence-corrected chi connectivity index (χ0v) is 36.1. The van der Waals surface area contributed by atoms with Crippen molar-refractivity contribution < 1.29 is 36.6 Å². The molecule has 2 saturated heterocycles. The van der Waals surface area contributed by atoms with Crippen LogP contribution in [0.2, 0.25) is 5.02 Å². The van der Waals surface area contributed by atoms with E-state index in [0.29, 0.717) is 107 Å². The maximum absolute atomic E-state index is 13.9. The zero-order valence-electron chi connectivity index (χ0n) is 35.3. The predicted molar refractivity (Wildman–Crippen MR) is 236 cm³/mol. The summed E-state index contributed by atoms with van der Waals surface area (Å²) in [5.74, 6) is -0.271. The van der Waals surface area contributed by atoms with E-state index in [1.165, 1.54) is 12.4 Å². The first-order valence-corrected chi connectivity index (χ1v) is 21.7. The highest BCUT2D eigenvalue weighted by Crippen LogP contribution is 2.33. The first kappa shape index (κ1) is 46.5. The number of hydrogen-bond donors (Lipinski definition) is 5. The van der Waals surface area contributed by atoms with Gasteiger partial charge in [0.15, 0.2) is 0 Å². The fraction of sp³-hybridized carbons (Fsp3) is 0.422. The van der Waals surface area contributed by atoms with E-state index in [-0.39, 0.29) is 43.1 Å². The van der Waals surface area contributed by atoms with Gasteiger partial charge in [-0.1, -0.05) is 29.8 Å². The van der Waals surface area contributed by atoms with Crippen LogP contribution in [0.3, 0.4) is 0 Å². The maximum atomic E-state index is 13.9. The lowest BCUT2D eigenvalue weighted by Gasteiger charge is -2.39. The van der Waals surface area contributed by atoms with E-state index >= 15 is 0 Å². The summed E-state index contributed by atoms with van der Waals surface area (Å²) in [6.45, 7) is 5.61. The molecule has 7 rings (SSSR count). The van der Waals surface area contributed by atoms with E-state index in [9.17, 15) is 27.2 Å². The third-order valence-electron chi connectivity index (χ3n) is 11.8. The summed E-state index contributed by atoms with van der Waals surface area (Å²) in [5.41, 5.74) is 13.4. The maximum Gasteiger partial charge on any atom is 0.419 e. The number of nitrogen functional groups attached to an aromatic ring is 1. The number of anilines is 2. The SMILES string of the molecule is Nc1ccc(OCc2ccc(F)c(C(F)(F)F)c2)c(CNCCOCCC(=O)N2CCN(CC[C@H](NC(=O)C3(N)CCN(c4ncnc5[nH]ccc45)CC3)c3ccc(Cl)cc3)CC2)c1. The Bertz CT molecular complexity index is 2350. The number of aromatic amines is 1. The average molecular weight is 909 g/mol. The van der Waals surface area contributed by atoms with Crippen molar-refractivity contribution in [2.75, 3.05) is 76.2 Å². The minimum Gasteiger partial charge on any atom is -0.489 e. The minimum absolute atomic E-state index is 0.0143. The van der Waals surface area contributed by atoms with Gasteiger partial charge < -0.3 is 46.4 Å². The smallest absolute Gasteiger partial charge is 0.419 e. The van der Waals surface area contributed by atoms with Crippen LogP contribution < -0.4 is 31.7 Å². The molecule has 0 spiro atoms. The molecule has 2 amide bonds. The topological polar surface area (TPSA) is 180 Å². The van der Waals surface area contributed by atoms with Crippen molar-refractivity contribution in [1.82, 2.24) is 35.4 Å². The lowest BCUT2D eigenvalue weighted by atomic mass is 9.87. The number of H-pyrrole nitrogens is 1. The van der Waals surface area contributed by atoms with Crippen molar-refractivity contribution >= 4 is 46.0 Å². The molecule has 0 bridgehead atoms. The van der Waals surface area contributed by atoms with Crippen molar-refractivity contribution in [1.29, 1.82) is 0 Å². The molecule has 0 radical (unpaired) electrons. The number of rotatable bonds is 18. The molecule has 64 heavy (non-hydrogen) atoms. The second-order valence-corrected chi connectivity index (χ2v) is 16.6. The number of nitrogens with one attached hydrogen (secondary N) is 3. The van der Waals surface area contributed by atoms with E-state index < -0.39 is 23.1 Å². The second kappa shape index (κ2) is 21.0. The minimum atomic E-state index is -4.82. The molecule has 3 aromatic carbocycles. The Morgan fingerprint density at radius 3 is 2.47 bits per heavy atom. The highest BCUT2D eigenvalue weighted by atomic mass is 35.5. The van der Waals surface area contributed by atoms with Gasteiger partial charge in [-0.15, -0.1) is 0 Å². The number of alkyl halides is 3. The Morgan fingerprint density at radius 1 is 0.953 bits per heavy atom. The predicted octanol–water partition coefficient (Wildman–Crippen LogP) is 5.82. The monoisotopic (exact) mass is 908 g/mol. The molecule has 2 aliphatic rings. The first-order chi connectivity index (χ1) is 30.8. The van der Waals surface area contributed by atoms with Gasteiger partial charge in [-0.05, 0) is 78.9 Å². The number of nitrogens with two attached hydrogens (primary N) is 2. The van der Waals surface area contributed by atoms with Crippen LogP contribution in [0.25, 0.3) is 11.0 Å². The molecular formula is C45H53ClF4N10O4. The molecule has 14 nitrogen and oxygen atoms in total. The van der Waals surface area contributed by atoms with Crippen LogP contribution >= 0.6 is 11.6 Å². The Labute approximate surface area is 373 Å². The molecule has 19 heteroatoms. The van der Waals surface area contributed by atoms with E-state index in [2.05, 4.69) is 35.4 Å². The van der Waals surface area contributed by atoms with Crippen LogP contribution in [0.15, 0.2) is 79.3 Å². The fourth-order valence-electron chi connectivity index (χ4n) is 8.01. The van der Waals surface area contributed by atoms with Gasteiger partial charge in [-0.25, -0.2) is 14.4 Å². The normalized spacial score (nSPS) is 16.2. The number of amides is 2. The van der Waals surface area contributed by atoms with Crippen LogP contribution in [0.5, 0.6) is 5.75 Å². The summed E-state index contributed by atoms with van der Waals surface area (Å²) in [6, 6.07) is 16.9. The quantitative estimate of drug-likeness (QED) is 0.0407. The highest BCUT2D eigenvalue weighted by molar-refractivity contribution is 6.30. The van der Waals surface area contributed by atoms with Crippen LogP contribution in [0, 0.1) is 5.82 Å². The van der Waals surface area contributed by atoms with Crippen molar-refractivity contribution in [3.05, 3.63) is 112 Å². The fourth-order valence-corrected chi connectivity index (χ4v) is 8.14. The third-order valence-corrected chi connectivity index (χ3v) is 12.0. The number of halogens is 5. The van der Waals surface area contributed by atoms with Crippen molar-refractivity contribution in [3.8, 4) is 5.75 Å². The molecule has 0 saturated carbocycles. The summed E-state index contributed by atoms with van der Waals surface area (Å²) < 4.78 is 64.7. The molecule has 7 N–H and O–H groups in total. The van der Waals surface area contributed by atoms with Crippen molar-refractivity contribution in [3.63, 3.8) is 0 Å². The van der Waals surface area contributed by atoms with Gasteiger partial charge >= 0.3 is 6.18 Å². The Balaban J connectivity index is 0.806. The number of benzene rings is 3. The molecule has 0 aliphatic carbocycles. The highest BCUT2D eigenvalue weighted by Gasteiger charge is 2.39. The van der Waals surface area contributed by atoms with Gasteiger partial charge in [0.25, 0.3) is 0 Å². The Kier molecular flexibility index (Phi) is 15.2. The molecule has 2 aromatic heterocycles. The lowest BCUT2D eigenvalue weighted by Crippen LogP contribution is -2.60. The van der Waals surface area contributed by atoms with Crippen molar-refractivity contribution in [2.24, 2.45) is 5.73 Å². The van der Waals surface area contributed by atoms with Gasteiger partial charge in [0, 0.05) is 81.4 Å². The number of piperazine rings is 1. The molecule has 1 atom stereocenters. The molecule has 4 heterocycles. The average Bonchev–Trinajstić information content (AvgIpc) is 3.77. The third kappa shape index (κ3) is 12.0. The molecule has 5 aromatic rings. The van der Waals surface area contributed by atoms with Crippen LogP contribution in [-0.2, 0) is 33.7 Å². The number of nitrogens with zero attached hydrogens (tertiary/aromatic N) is 5. The van der Waals surface area contributed by atoms with E-state index in [0.717, 1.165) is 34.5 Å². The molecule has 2 fully saturated rings. The standard InChI is InChI=1S/C45H53ClF4N10O4/c46-33-4-2-31(3-5-33)38(57-43(62)44(52)12-17-60(18-13-44)42-35-9-14-54-41(35)55-29-56-42)10-16-58-19-21-59(22-20-58)40(61)11-23-63-24-15-53-27-32-26-34(51)6-8-39(32)64-28-30-1-7-37(47)36(25-30)45(48,49)50/h1-9,14,25-26,29,38,53H,10-13,15-24,27-28,51-52H2,(H,57,62)(H,54,55,56)/t38-/m0/s1. The van der Waals surface area contributed by atoms with Gasteiger partial charge in [0.1, 0.15) is 36.0 Å². The Hall–Kier alpha value is -5.53. The van der Waals surface area contributed by atoms with Gasteiger partial charge in [-0.3, -0.25) is 14.5 Å². The van der Waals surface area contributed by atoms with E-state index in [4.69, 9.17) is 32.5 Å². The van der Waals surface area contributed by atoms with Crippen LogP contribution in [0.1, 0.15) is 54.0 Å². The number of carbonyl (C=O) groups excluding carboxylic acids is 2. The number of fused-ring (bicyclic) bond motifs is 1. The Morgan fingerprint density at radius 2 is 1.72 bits per heavy atom. The molecule has 2 aliphatic heterocycles. The summed E-state index contributed by atoms with van der Waals surface area (Å²) in [7, 11) is 0. The summed E-state index contributed by atoms with van der Waals surface area (Å²) in [5, 5.41) is 8.04. The van der Waals surface area contributed by atoms with Gasteiger partial charge in [-0.2, -0.15) is 13.2 Å². The number of ether oxygens (including phenoxy) is 2. The van der Waals surface area contributed by atoms with E-state index in [1.54, 1.807) is 18.2 Å². The van der Waals surface area contributed by atoms with Crippen LogP contribution in [0.4, 0.5) is 29.1 Å². The summed E-state index contributed by atoms with van der Waals surface area (Å²) in [4.78, 5) is 45.1. The number of aromatic nitrogens is 3.